The molecule has 0 saturated heterocycles. The van der Waals surface area contributed by atoms with Crippen LogP contribution in [-0.2, 0) is 0 Å². The van der Waals surface area contributed by atoms with E-state index in [1.165, 1.54) is 0 Å². The third-order valence-electron chi connectivity index (χ3n) is 0.937. The van der Waals surface area contributed by atoms with Crippen molar-refractivity contribution in [2.24, 2.45) is 0 Å². The minimum Gasteiger partial charge on any atom is -0.398 e. The zero-order valence-corrected chi connectivity index (χ0v) is 8.23. The van der Waals surface area contributed by atoms with E-state index in [4.69, 9.17) is 5.73 Å². The van der Waals surface area contributed by atoms with Gasteiger partial charge in [0, 0.05) is 40.1 Å². The molecule has 0 bridgehead atoms. The number of rotatable bonds is 0. The van der Waals surface area contributed by atoms with Gasteiger partial charge in [-0.2, -0.15) is 0 Å². The van der Waals surface area contributed by atoms with Crippen LogP contribution < -0.4 is 5.73 Å². The summed E-state index contributed by atoms with van der Waals surface area (Å²) in [6.45, 7) is 0. The Morgan fingerprint density at radius 2 is 1.78 bits per heavy atom. The molecule has 1 radical (unpaired) electrons. The second kappa shape index (κ2) is 4.23. The number of para-hydroxylation sites is 1. The predicted octanol–water partition coefficient (Wildman–Crippen LogP) is 1.18. The van der Waals surface area contributed by atoms with Crippen LogP contribution in [-0.4, -0.2) is 29.6 Å². The molecule has 1 aromatic rings. The molecule has 0 heterocycles. The molecule has 0 aliphatic heterocycles. The first-order valence-corrected chi connectivity index (χ1v) is 2.79. The first kappa shape index (κ1) is 9.37. The van der Waals surface area contributed by atoms with Crippen molar-refractivity contribution in [3.63, 3.8) is 0 Å². The minimum absolute atomic E-state index is 0. The maximum atomic E-state index is 5.44. The van der Waals surface area contributed by atoms with Crippen molar-refractivity contribution in [3.05, 3.63) is 24.3 Å². The number of thiol groups is 1. The van der Waals surface area contributed by atoms with Crippen molar-refractivity contribution < 1.29 is 0 Å². The third kappa shape index (κ3) is 2.63. The molecule has 0 unspecified atom stereocenters. The SMILES string of the molecule is Nc1ccccc1S.[Na]. The monoisotopic (exact) mass is 148 g/mol. The van der Waals surface area contributed by atoms with Gasteiger partial charge >= 0.3 is 0 Å². The topological polar surface area (TPSA) is 26.0 Å². The van der Waals surface area contributed by atoms with Crippen LogP contribution in [0.5, 0.6) is 0 Å². The maximum absolute atomic E-state index is 5.44. The van der Waals surface area contributed by atoms with Gasteiger partial charge in [0.2, 0.25) is 0 Å². The van der Waals surface area contributed by atoms with E-state index in [-0.39, 0.29) is 29.6 Å². The summed E-state index contributed by atoms with van der Waals surface area (Å²) in [6, 6.07) is 7.47. The fourth-order valence-electron chi connectivity index (χ4n) is 0.488. The van der Waals surface area contributed by atoms with Gasteiger partial charge in [-0.25, -0.2) is 0 Å². The van der Waals surface area contributed by atoms with E-state index in [0.717, 1.165) is 10.6 Å². The van der Waals surface area contributed by atoms with Crippen LogP contribution in [0.2, 0.25) is 0 Å². The van der Waals surface area contributed by atoms with E-state index in [0.29, 0.717) is 0 Å². The smallest absolute Gasteiger partial charge is 0.0449 e. The Kier molecular flexibility index (Phi) is 4.40. The van der Waals surface area contributed by atoms with Crippen molar-refractivity contribution in [1.82, 2.24) is 0 Å². The molecule has 0 aromatic heterocycles. The molecule has 0 amide bonds. The Balaban J connectivity index is 0.000000640. The van der Waals surface area contributed by atoms with Gasteiger partial charge < -0.3 is 5.73 Å². The van der Waals surface area contributed by atoms with E-state index in [1.807, 2.05) is 24.3 Å². The zero-order chi connectivity index (χ0) is 5.98. The average molecular weight is 148 g/mol. The molecular weight excluding hydrogens is 141 g/mol. The second-order valence-corrected chi connectivity index (χ2v) is 2.04. The van der Waals surface area contributed by atoms with Gasteiger partial charge in [0.25, 0.3) is 0 Å². The Morgan fingerprint density at radius 1 is 1.22 bits per heavy atom. The summed E-state index contributed by atoms with van der Waals surface area (Å²) < 4.78 is 0. The molecule has 0 aliphatic rings. The summed E-state index contributed by atoms with van der Waals surface area (Å²) in [5.74, 6) is 0. The summed E-state index contributed by atoms with van der Waals surface area (Å²) >= 11 is 4.07. The van der Waals surface area contributed by atoms with Crippen molar-refractivity contribution >= 4 is 47.9 Å². The molecule has 1 rings (SSSR count). The third-order valence-corrected chi connectivity index (χ3v) is 1.34. The maximum Gasteiger partial charge on any atom is 0.0449 e. The van der Waals surface area contributed by atoms with Crippen LogP contribution >= 0.6 is 12.6 Å². The molecule has 9 heavy (non-hydrogen) atoms. The molecule has 3 heteroatoms. The van der Waals surface area contributed by atoms with E-state index in [9.17, 15) is 0 Å². The summed E-state index contributed by atoms with van der Waals surface area (Å²) in [5, 5.41) is 0. The summed E-state index contributed by atoms with van der Waals surface area (Å²) in [4.78, 5) is 0.840. The molecule has 0 aliphatic carbocycles. The number of hydrogen-bond donors (Lipinski definition) is 2. The number of hydrogen-bond acceptors (Lipinski definition) is 2. The molecule has 43 valence electrons. The summed E-state index contributed by atoms with van der Waals surface area (Å²) in [6.07, 6.45) is 0. The zero-order valence-electron chi connectivity index (χ0n) is 5.33. The summed E-state index contributed by atoms with van der Waals surface area (Å²) in [7, 11) is 0. The normalized spacial score (nSPS) is 8.11. The molecule has 0 fully saturated rings. The number of nitrogens with two attached hydrogens (primary N) is 1. The van der Waals surface area contributed by atoms with E-state index in [2.05, 4.69) is 12.6 Å². The van der Waals surface area contributed by atoms with Crippen LogP contribution in [0.1, 0.15) is 0 Å². The van der Waals surface area contributed by atoms with Gasteiger partial charge in [0.1, 0.15) is 0 Å². The van der Waals surface area contributed by atoms with Crippen LogP contribution in [0.25, 0.3) is 0 Å². The van der Waals surface area contributed by atoms with Crippen LogP contribution in [0.4, 0.5) is 5.69 Å². The molecule has 0 atom stereocenters. The van der Waals surface area contributed by atoms with Crippen molar-refractivity contribution in [2.45, 2.75) is 4.90 Å². The molecule has 1 aromatic carbocycles. The molecule has 0 spiro atoms. The van der Waals surface area contributed by atoms with E-state index < -0.39 is 0 Å². The van der Waals surface area contributed by atoms with Crippen LogP contribution in [0.3, 0.4) is 0 Å². The average Bonchev–Trinajstić information content (AvgIpc) is 1.77. The quantitative estimate of drug-likeness (QED) is 0.322. The van der Waals surface area contributed by atoms with Gasteiger partial charge in [0.15, 0.2) is 0 Å². The first-order chi connectivity index (χ1) is 3.80. The van der Waals surface area contributed by atoms with Gasteiger partial charge in [0.05, 0.1) is 0 Å². The van der Waals surface area contributed by atoms with Crippen molar-refractivity contribution in [3.8, 4) is 0 Å². The van der Waals surface area contributed by atoms with Gasteiger partial charge in [-0.15, -0.1) is 12.6 Å². The predicted molar refractivity (Wildman–Crippen MR) is 43.9 cm³/mol. The van der Waals surface area contributed by atoms with Gasteiger partial charge in [-0.3, -0.25) is 0 Å². The minimum atomic E-state index is 0. The van der Waals surface area contributed by atoms with Gasteiger partial charge in [-0.05, 0) is 12.1 Å². The fraction of sp³-hybridized carbons (Fsp3) is 0. The van der Waals surface area contributed by atoms with Crippen LogP contribution in [0.15, 0.2) is 29.2 Å². The number of anilines is 1. The summed E-state index contributed by atoms with van der Waals surface area (Å²) in [5.41, 5.74) is 6.18. The fourth-order valence-corrected chi connectivity index (χ4v) is 0.648. The standard InChI is InChI=1S/C6H7NS.Na/c7-5-3-1-2-4-6(5)8;/h1-4,8H,7H2;. The van der Waals surface area contributed by atoms with E-state index >= 15 is 0 Å². The van der Waals surface area contributed by atoms with E-state index in [1.54, 1.807) is 0 Å². The molecule has 2 N–H and O–H groups in total. The number of benzene rings is 1. The largest absolute Gasteiger partial charge is 0.398 e. The Hall–Kier alpha value is 0.370. The molecule has 1 nitrogen and oxygen atoms in total. The molecule has 0 saturated carbocycles. The van der Waals surface area contributed by atoms with Crippen LogP contribution in [0, 0.1) is 0 Å². The molecular formula is C6H7NNaS. The Labute approximate surface area is 82.3 Å². The Morgan fingerprint density at radius 3 is 2.11 bits per heavy atom. The van der Waals surface area contributed by atoms with Crippen molar-refractivity contribution in [2.75, 3.05) is 5.73 Å². The van der Waals surface area contributed by atoms with Crippen molar-refractivity contribution in [1.29, 1.82) is 0 Å². The van der Waals surface area contributed by atoms with Gasteiger partial charge in [-0.1, -0.05) is 12.1 Å². The Bertz CT molecular complexity index is 169. The second-order valence-electron chi connectivity index (χ2n) is 1.56. The number of nitrogen functional groups attached to an aromatic ring is 1. The first-order valence-electron chi connectivity index (χ1n) is 2.34.